The van der Waals surface area contributed by atoms with Gasteiger partial charge in [-0.05, 0) is 12.8 Å². The molecule has 44 heavy (non-hydrogen) atoms. The van der Waals surface area contributed by atoms with Crippen LogP contribution in [0.4, 0.5) is 0 Å². The van der Waals surface area contributed by atoms with Crippen LogP contribution in [0.3, 0.4) is 0 Å². The minimum Gasteiger partial charge on any atom is -0.257 e. The second kappa shape index (κ2) is 32.7. The van der Waals surface area contributed by atoms with Gasteiger partial charge in [-0.3, -0.25) is 8.37 Å². The fourth-order valence-electron chi connectivity index (χ4n) is 5.74. The zero-order chi connectivity index (χ0) is 32.5. The monoisotopic (exact) mass is 666 g/mol. The first kappa shape index (κ1) is 43.8. The third kappa shape index (κ3) is 29.2. The van der Waals surface area contributed by atoms with Gasteiger partial charge in [0.15, 0.2) is 0 Å². The molecule has 0 aliphatic rings. The Morgan fingerprint density at radius 1 is 0.273 bits per heavy atom. The zero-order valence-corrected chi connectivity index (χ0v) is 30.9. The van der Waals surface area contributed by atoms with Gasteiger partial charge in [0.2, 0.25) is 0 Å². The van der Waals surface area contributed by atoms with E-state index in [1.165, 1.54) is 154 Å². The fraction of sp³-hybridized carbons (Fsp3) is 1.00. The molecule has 0 aromatic carbocycles. The second-order valence-electron chi connectivity index (χ2n) is 13.1. The molecule has 0 fully saturated rings. The van der Waals surface area contributed by atoms with Crippen LogP contribution in [0.15, 0.2) is 0 Å². The topological polar surface area (TPSA) is 86.7 Å². The van der Waals surface area contributed by atoms with E-state index in [1.807, 2.05) is 0 Å². The molecule has 0 saturated heterocycles. The van der Waals surface area contributed by atoms with Crippen molar-refractivity contribution in [3.63, 3.8) is 0 Å². The Kier molecular flexibility index (Phi) is 32.6. The van der Waals surface area contributed by atoms with Crippen molar-refractivity contribution in [2.75, 3.05) is 13.2 Å². The van der Waals surface area contributed by atoms with E-state index in [0.29, 0.717) is 12.8 Å². The van der Waals surface area contributed by atoms with Gasteiger partial charge in [0.05, 0.1) is 13.2 Å². The molecule has 0 aliphatic carbocycles. The second-order valence-corrected chi connectivity index (χ2v) is 17.6. The van der Waals surface area contributed by atoms with E-state index in [9.17, 15) is 16.8 Å². The number of rotatable bonds is 37. The summed E-state index contributed by atoms with van der Waals surface area (Å²) < 4.78 is 57.8. The third-order valence-electron chi connectivity index (χ3n) is 8.70. The minimum atomic E-state index is -4.75. The van der Waals surface area contributed by atoms with Crippen molar-refractivity contribution in [1.29, 1.82) is 0 Å². The molecule has 0 radical (unpaired) electrons. The largest absolute Gasteiger partial charge is 0.400 e. The van der Waals surface area contributed by atoms with Crippen molar-refractivity contribution >= 4 is 18.3 Å². The molecule has 0 atom stereocenters. The maximum Gasteiger partial charge on any atom is 0.400 e. The minimum absolute atomic E-state index is 0.109. The van der Waals surface area contributed by atoms with E-state index in [2.05, 4.69) is 13.8 Å². The predicted molar refractivity (Wildman–Crippen MR) is 189 cm³/mol. The number of hydrogen-bond donors (Lipinski definition) is 0. The summed E-state index contributed by atoms with van der Waals surface area (Å²) >= 11 is 0. The molecule has 0 heterocycles. The molecule has 0 N–H and O–H groups in total. The van der Waals surface area contributed by atoms with Gasteiger partial charge in [-0.2, -0.15) is 16.8 Å². The quantitative estimate of drug-likeness (QED) is 0.0484. The van der Waals surface area contributed by atoms with Gasteiger partial charge < -0.3 is 0 Å². The first-order chi connectivity index (χ1) is 21.4. The standard InChI is InChI=1S/C36H74O6S2/c1-3-5-7-9-11-13-15-17-19-21-23-25-27-29-31-33-35-41-43(37,38)44(39,40)42-36-34-32-30-28-26-24-22-20-18-16-14-12-10-8-6-4-2/h3-36H2,1-2H3. The Morgan fingerprint density at radius 3 is 0.614 bits per heavy atom. The van der Waals surface area contributed by atoms with Crippen molar-refractivity contribution in [2.24, 2.45) is 0 Å². The molecule has 6 nitrogen and oxygen atoms in total. The average Bonchev–Trinajstić information content (AvgIpc) is 3.00. The molecule has 8 heteroatoms. The highest BCUT2D eigenvalue weighted by Crippen LogP contribution is 2.16. The zero-order valence-electron chi connectivity index (χ0n) is 29.3. The fourth-order valence-corrected chi connectivity index (χ4v) is 7.74. The first-order valence-electron chi connectivity index (χ1n) is 19.2. The van der Waals surface area contributed by atoms with Gasteiger partial charge in [-0.1, -0.05) is 206 Å². The lowest BCUT2D eigenvalue weighted by Gasteiger charge is -2.08. The lowest BCUT2D eigenvalue weighted by molar-refractivity contribution is 0.290. The van der Waals surface area contributed by atoms with Gasteiger partial charge in [0.1, 0.15) is 0 Å². The third-order valence-corrected chi connectivity index (χ3v) is 12.2. The molecule has 0 rings (SSSR count). The molecule has 0 spiro atoms. The highest BCUT2D eigenvalue weighted by molar-refractivity contribution is 8.63. The molecule has 0 aliphatic heterocycles. The van der Waals surface area contributed by atoms with E-state index in [-0.39, 0.29) is 13.2 Å². The van der Waals surface area contributed by atoms with Crippen molar-refractivity contribution in [3.05, 3.63) is 0 Å². The summed E-state index contributed by atoms with van der Waals surface area (Å²) in [6, 6.07) is 0. The normalized spacial score (nSPS) is 12.3. The van der Waals surface area contributed by atoms with Gasteiger partial charge in [0.25, 0.3) is 0 Å². The Balaban J connectivity index is 3.53. The smallest absolute Gasteiger partial charge is 0.257 e. The van der Waals surface area contributed by atoms with Gasteiger partial charge in [-0.15, -0.1) is 0 Å². The van der Waals surface area contributed by atoms with Crippen LogP contribution in [0, 0.1) is 0 Å². The van der Waals surface area contributed by atoms with Crippen LogP contribution in [-0.2, 0) is 26.7 Å². The van der Waals surface area contributed by atoms with Crippen LogP contribution >= 0.6 is 0 Å². The van der Waals surface area contributed by atoms with Gasteiger partial charge in [0, 0.05) is 0 Å². The number of hydrogen-bond acceptors (Lipinski definition) is 6. The highest BCUT2D eigenvalue weighted by Gasteiger charge is 2.32. The summed E-state index contributed by atoms with van der Waals surface area (Å²) in [5, 5.41) is 0. The lowest BCUT2D eigenvalue weighted by atomic mass is 10.0. The van der Waals surface area contributed by atoms with E-state index >= 15 is 0 Å². The van der Waals surface area contributed by atoms with Gasteiger partial charge in [-0.25, -0.2) is 0 Å². The van der Waals surface area contributed by atoms with Crippen LogP contribution in [0.25, 0.3) is 0 Å². The van der Waals surface area contributed by atoms with Crippen molar-refractivity contribution < 1.29 is 25.2 Å². The van der Waals surface area contributed by atoms with Crippen LogP contribution in [0.2, 0.25) is 0 Å². The van der Waals surface area contributed by atoms with Crippen LogP contribution in [-0.4, -0.2) is 30.0 Å². The Labute approximate surface area is 275 Å². The molecule has 0 aromatic rings. The van der Waals surface area contributed by atoms with Crippen LogP contribution in [0.1, 0.15) is 219 Å². The molecule has 0 amide bonds. The SMILES string of the molecule is CCCCCCCCCCCCCCCCCCOS(=O)(=O)S(=O)(=O)OCCCCCCCCCCCCCCCCCC. The van der Waals surface area contributed by atoms with Crippen LogP contribution < -0.4 is 0 Å². The summed E-state index contributed by atoms with van der Waals surface area (Å²) in [5.41, 5.74) is 0. The van der Waals surface area contributed by atoms with Crippen molar-refractivity contribution in [2.45, 2.75) is 219 Å². The summed E-state index contributed by atoms with van der Waals surface area (Å²) in [6.45, 7) is 4.30. The Hall–Kier alpha value is -0.180. The van der Waals surface area contributed by atoms with Crippen molar-refractivity contribution in [3.8, 4) is 0 Å². The molecule has 0 saturated carbocycles. The molecular weight excluding hydrogens is 593 g/mol. The molecule has 266 valence electrons. The maximum absolute atomic E-state index is 12.1. The summed E-state index contributed by atoms with van der Waals surface area (Å²) in [6.07, 6.45) is 39.2. The molecule has 0 unspecified atom stereocenters. The van der Waals surface area contributed by atoms with E-state index in [4.69, 9.17) is 8.37 Å². The van der Waals surface area contributed by atoms with Crippen LogP contribution in [0.5, 0.6) is 0 Å². The summed E-state index contributed by atoms with van der Waals surface area (Å²) in [7, 11) is -9.50. The first-order valence-corrected chi connectivity index (χ1v) is 22.5. The lowest BCUT2D eigenvalue weighted by Crippen LogP contribution is -2.22. The molecule has 0 aromatic heterocycles. The van der Waals surface area contributed by atoms with E-state index < -0.39 is 18.3 Å². The Morgan fingerprint density at radius 2 is 0.432 bits per heavy atom. The highest BCUT2D eigenvalue weighted by atomic mass is 33.2. The Bertz CT molecular complexity index is 716. The maximum atomic E-state index is 12.1. The van der Waals surface area contributed by atoms with E-state index in [1.54, 1.807) is 0 Å². The molecule has 0 bridgehead atoms. The summed E-state index contributed by atoms with van der Waals surface area (Å²) in [4.78, 5) is 0. The predicted octanol–water partition coefficient (Wildman–Crippen LogP) is 12.1. The average molecular weight is 667 g/mol. The van der Waals surface area contributed by atoms with Crippen molar-refractivity contribution in [1.82, 2.24) is 0 Å². The van der Waals surface area contributed by atoms with E-state index in [0.717, 1.165) is 38.5 Å². The number of unbranched alkanes of at least 4 members (excludes halogenated alkanes) is 30. The van der Waals surface area contributed by atoms with Gasteiger partial charge >= 0.3 is 18.3 Å². The summed E-state index contributed by atoms with van der Waals surface area (Å²) in [5.74, 6) is 0. The molecular formula is C36H74O6S2.